The molecule has 2 aromatic rings. The fourth-order valence-electron chi connectivity index (χ4n) is 1.68. The van der Waals surface area contributed by atoms with Crippen LogP contribution < -0.4 is 0 Å². The predicted octanol–water partition coefficient (Wildman–Crippen LogP) is 4.63. The second-order valence-electron chi connectivity index (χ2n) is 4.08. The summed E-state index contributed by atoms with van der Waals surface area (Å²) < 4.78 is 14.2. The Morgan fingerprint density at radius 3 is 2.56 bits per heavy atom. The molecule has 1 N–H and O–H groups in total. The van der Waals surface area contributed by atoms with Gasteiger partial charge in [0.15, 0.2) is 0 Å². The Labute approximate surface area is 118 Å². The normalized spacial score (nSPS) is 12.5. The first-order valence-corrected chi connectivity index (χ1v) is 6.55. The summed E-state index contributed by atoms with van der Waals surface area (Å²) in [6.07, 6.45) is -0.883. The Kier molecular flexibility index (Phi) is 4.05. The largest absolute Gasteiger partial charge is 0.384 e. The van der Waals surface area contributed by atoms with E-state index in [1.807, 2.05) is 0 Å². The highest BCUT2D eigenvalue weighted by Gasteiger charge is 2.15. The maximum atomic E-state index is 13.5. The van der Waals surface area contributed by atoms with Crippen LogP contribution in [0.15, 0.2) is 40.9 Å². The molecule has 0 aliphatic carbocycles. The van der Waals surface area contributed by atoms with Crippen LogP contribution in [0.3, 0.4) is 0 Å². The number of aliphatic hydroxyl groups is 1. The topological polar surface area (TPSA) is 20.2 Å². The molecular weight excluding hydrogens is 319 g/mol. The van der Waals surface area contributed by atoms with Crippen LogP contribution in [0.5, 0.6) is 0 Å². The average Bonchev–Trinajstić information content (AvgIpc) is 2.32. The lowest BCUT2D eigenvalue weighted by molar-refractivity contribution is 0.219. The van der Waals surface area contributed by atoms with Gasteiger partial charge in [-0.2, -0.15) is 0 Å². The van der Waals surface area contributed by atoms with E-state index in [0.717, 1.165) is 0 Å². The van der Waals surface area contributed by atoms with E-state index in [1.54, 1.807) is 37.3 Å². The molecule has 2 rings (SSSR count). The van der Waals surface area contributed by atoms with E-state index < -0.39 is 6.10 Å². The van der Waals surface area contributed by atoms with Crippen molar-refractivity contribution in [2.75, 3.05) is 0 Å². The van der Waals surface area contributed by atoms with Crippen molar-refractivity contribution in [2.24, 2.45) is 0 Å². The number of halogens is 3. The molecule has 0 bridgehead atoms. The van der Waals surface area contributed by atoms with Crippen molar-refractivity contribution in [3.63, 3.8) is 0 Å². The van der Waals surface area contributed by atoms with Gasteiger partial charge in [0.2, 0.25) is 0 Å². The SMILES string of the molecule is Cc1ccc(C(O)c2ccc(Cl)cc2Br)cc1F. The minimum absolute atomic E-state index is 0.323. The van der Waals surface area contributed by atoms with Gasteiger partial charge in [0.25, 0.3) is 0 Å². The van der Waals surface area contributed by atoms with Crippen LogP contribution in [0.4, 0.5) is 4.39 Å². The molecule has 0 saturated carbocycles. The molecule has 18 heavy (non-hydrogen) atoms. The van der Waals surface area contributed by atoms with Crippen LogP contribution in [-0.4, -0.2) is 5.11 Å². The van der Waals surface area contributed by atoms with E-state index in [9.17, 15) is 9.50 Å². The Balaban J connectivity index is 2.41. The lowest BCUT2D eigenvalue weighted by Gasteiger charge is -2.14. The van der Waals surface area contributed by atoms with E-state index in [-0.39, 0.29) is 5.82 Å². The molecule has 0 heterocycles. The molecule has 0 aliphatic heterocycles. The minimum atomic E-state index is -0.883. The molecule has 0 fully saturated rings. The zero-order valence-corrected chi connectivity index (χ0v) is 12.0. The third-order valence-corrected chi connectivity index (χ3v) is 3.69. The van der Waals surface area contributed by atoms with Gasteiger partial charge in [-0.15, -0.1) is 0 Å². The zero-order valence-electron chi connectivity index (χ0n) is 9.62. The number of hydrogen-bond acceptors (Lipinski definition) is 1. The molecule has 1 atom stereocenters. The van der Waals surface area contributed by atoms with Gasteiger partial charge >= 0.3 is 0 Å². The van der Waals surface area contributed by atoms with Crippen molar-refractivity contribution in [3.8, 4) is 0 Å². The Hall–Kier alpha value is -0.900. The van der Waals surface area contributed by atoms with Gasteiger partial charge in [-0.3, -0.25) is 0 Å². The first kappa shape index (κ1) is 13.5. The maximum Gasteiger partial charge on any atom is 0.126 e. The van der Waals surface area contributed by atoms with Gasteiger partial charge in [-0.1, -0.05) is 45.7 Å². The summed E-state index contributed by atoms with van der Waals surface area (Å²) in [4.78, 5) is 0. The number of rotatable bonds is 2. The Morgan fingerprint density at radius 2 is 1.94 bits per heavy atom. The van der Waals surface area contributed by atoms with Crippen molar-refractivity contribution in [1.82, 2.24) is 0 Å². The van der Waals surface area contributed by atoms with E-state index in [2.05, 4.69) is 15.9 Å². The number of benzene rings is 2. The molecule has 1 unspecified atom stereocenters. The molecule has 4 heteroatoms. The number of aliphatic hydroxyl groups excluding tert-OH is 1. The highest BCUT2D eigenvalue weighted by molar-refractivity contribution is 9.10. The monoisotopic (exact) mass is 328 g/mol. The quantitative estimate of drug-likeness (QED) is 0.851. The average molecular weight is 330 g/mol. The zero-order chi connectivity index (χ0) is 13.3. The number of aryl methyl sites for hydroxylation is 1. The molecule has 0 radical (unpaired) electrons. The summed E-state index contributed by atoms with van der Waals surface area (Å²) in [5.41, 5.74) is 1.73. The van der Waals surface area contributed by atoms with Gasteiger partial charge in [0, 0.05) is 9.50 Å². The second kappa shape index (κ2) is 5.39. The number of hydrogen-bond donors (Lipinski definition) is 1. The fraction of sp³-hybridized carbons (Fsp3) is 0.143. The van der Waals surface area contributed by atoms with Crippen LogP contribution in [0.2, 0.25) is 5.02 Å². The Morgan fingerprint density at radius 1 is 1.22 bits per heavy atom. The van der Waals surface area contributed by atoms with Gasteiger partial charge < -0.3 is 5.11 Å². The summed E-state index contributed by atoms with van der Waals surface area (Å²) in [5.74, 6) is -0.323. The summed E-state index contributed by atoms with van der Waals surface area (Å²) in [7, 11) is 0. The maximum absolute atomic E-state index is 13.5. The molecule has 0 saturated heterocycles. The van der Waals surface area contributed by atoms with Crippen LogP contribution in [0, 0.1) is 12.7 Å². The van der Waals surface area contributed by atoms with Crippen LogP contribution in [0.1, 0.15) is 22.8 Å². The van der Waals surface area contributed by atoms with Crippen molar-refractivity contribution < 1.29 is 9.50 Å². The second-order valence-corrected chi connectivity index (χ2v) is 5.37. The smallest absolute Gasteiger partial charge is 0.126 e. The predicted molar refractivity (Wildman–Crippen MR) is 74.4 cm³/mol. The molecular formula is C14H11BrClFO. The first-order valence-electron chi connectivity index (χ1n) is 5.38. The van der Waals surface area contributed by atoms with Crippen molar-refractivity contribution >= 4 is 27.5 Å². The van der Waals surface area contributed by atoms with Gasteiger partial charge in [-0.25, -0.2) is 4.39 Å². The fourth-order valence-corrected chi connectivity index (χ4v) is 2.58. The van der Waals surface area contributed by atoms with Crippen molar-refractivity contribution in [2.45, 2.75) is 13.0 Å². The summed E-state index contributed by atoms with van der Waals surface area (Å²) in [6.45, 7) is 1.68. The summed E-state index contributed by atoms with van der Waals surface area (Å²) in [6, 6.07) is 9.82. The molecule has 0 aromatic heterocycles. The van der Waals surface area contributed by atoms with E-state index in [1.165, 1.54) is 6.07 Å². The Bertz CT molecular complexity index is 586. The van der Waals surface area contributed by atoms with Gasteiger partial charge in [0.05, 0.1) is 0 Å². The standard InChI is InChI=1S/C14H11BrClFO/c1-8-2-3-9(6-13(8)17)14(18)11-5-4-10(16)7-12(11)15/h2-7,14,18H,1H3. The molecule has 0 aliphatic rings. The highest BCUT2D eigenvalue weighted by Crippen LogP contribution is 2.31. The molecule has 1 nitrogen and oxygen atoms in total. The third-order valence-electron chi connectivity index (χ3n) is 2.77. The molecule has 94 valence electrons. The van der Waals surface area contributed by atoms with Gasteiger partial charge in [-0.05, 0) is 41.8 Å². The lowest BCUT2D eigenvalue weighted by atomic mass is 10.0. The molecule has 2 aromatic carbocycles. The van der Waals surface area contributed by atoms with E-state index >= 15 is 0 Å². The van der Waals surface area contributed by atoms with Crippen LogP contribution in [0.25, 0.3) is 0 Å². The molecule has 0 spiro atoms. The first-order chi connectivity index (χ1) is 8.49. The van der Waals surface area contributed by atoms with Crippen LogP contribution in [-0.2, 0) is 0 Å². The lowest BCUT2D eigenvalue weighted by Crippen LogP contribution is -2.01. The van der Waals surface area contributed by atoms with E-state index in [4.69, 9.17) is 11.6 Å². The summed E-state index contributed by atoms with van der Waals surface area (Å²) in [5, 5.41) is 10.8. The van der Waals surface area contributed by atoms with E-state index in [0.29, 0.717) is 26.2 Å². The van der Waals surface area contributed by atoms with Crippen molar-refractivity contribution in [1.29, 1.82) is 0 Å². The molecule has 0 amide bonds. The highest BCUT2D eigenvalue weighted by atomic mass is 79.9. The third kappa shape index (κ3) is 2.74. The summed E-state index contributed by atoms with van der Waals surface area (Å²) >= 11 is 9.18. The van der Waals surface area contributed by atoms with Gasteiger partial charge in [0.1, 0.15) is 11.9 Å². The van der Waals surface area contributed by atoms with Crippen molar-refractivity contribution in [3.05, 3.63) is 68.4 Å². The van der Waals surface area contributed by atoms with Crippen LogP contribution >= 0.6 is 27.5 Å². The minimum Gasteiger partial charge on any atom is -0.384 e.